The molecule has 0 aromatic heterocycles. The van der Waals surface area contributed by atoms with E-state index in [-0.39, 0.29) is 18.7 Å². The highest BCUT2D eigenvalue weighted by Crippen LogP contribution is 2.14. The Kier molecular flexibility index (Phi) is 5.09. The van der Waals surface area contributed by atoms with Crippen molar-refractivity contribution < 1.29 is 18.7 Å². The van der Waals surface area contributed by atoms with Crippen molar-refractivity contribution in [2.24, 2.45) is 0 Å². The van der Waals surface area contributed by atoms with Gasteiger partial charge in [0.15, 0.2) is 6.73 Å². The molecular weight excluding hydrogens is 293 g/mol. The predicted molar refractivity (Wildman–Crippen MR) is 62.8 cm³/mol. The number of rotatable bonds is 4. The van der Waals surface area contributed by atoms with Crippen molar-refractivity contribution in [1.82, 2.24) is 5.32 Å². The molecule has 0 atom stereocenters. The maximum atomic E-state index is 13.4. The Morgan fingerprint density at radius 2 is 2.18 bits per heavy atom. The molecule has 92 valence electrons. The van der Waals surface area contributed by atoms with Crippen LogP contribution in [0.1, 0.15) is 23.7 Å². The van der Waals surface area contributed by atoms with Gasteiger partial charge < -0.3 is 10.1 Å². The molecule has 4 nitrogen and oxygen atoms in total. The number of halogens is 2. The first-order valence-corrected chi connectivity index (χ1v) is 5.72. The normalized spacial score (nSPS) is 9.82. The van der Waals surface area contributed by atoms with Crippen LogP contribution in [0.2, 0.25) is 0 Å². The standard InChI is InChI=1S/C11H11BrFNO3/c1-2-10(15)17-6-14-11(16)8-4-3-7(12)5-9(8)13/h3-5H,2,6H2,1H3,(H,14,16). The maximum Gasteiger partial charge on any atom is 0.307 e. The van der Waals surface area contributed by atoms with Gasteiger partial charge in [-0.3, -0.25) is 9.59 Å². The molecule has 1 aromatic rings. The molecule has 0 unspecified atom stereocenters. The Hall–Kier alpha value is -1.43. The molecule has 1 amide bonds. The number of benzene rings is 1. The molecule has 0 saturated carbocycles. The monoisotopic (exact) mass is 303 g/mol. The minimum atomic E-state index is -0.640. The lowest BCUT2D eigenvalue weighted by atomic mass is 10.2. The van der Waals surface area contributed by atoms with Crippen molar-refractivity contribution in [3.63, 3.8) is 0 Å². The van der Waals surface area contributed by atoms with Crippen LogP contribution in [-0.2, 0) is 9.53 Å². The van der Waals surface area contributed by atoms with Crippen molar-refractivity contribution in [2.45, 2.75) is 13.3 Å². The Morgan fingerprint density at radius 3 is 2.76 bits per heavy atom. The van der Waals surface area contributed by atoms with Crippen LogP contribution < -0.4 is 5.32 Å². The highest BCUT2D eigenvalue weighted by molar-refractivity contribution is 9.10. The summed E-state index contributed by atoms with van der Waals surface area (Å²) in [5, 5.41) is 2.29. The minimum absolute atomic E-state index is 0.0965. The smallest absolute Gasteiger partial charge is 0.307 e. The zero-order valence-corrected chi connectivity index (χ0v) is 10.7. The van der Waals surface area contributed by atoms with E-state index in [4.69, 9.17) is 0 Å². The first-order chi connectivity index (χ1) is 8.04. The fourth-order valence-corrected chi connectivity index (χ4v) is 1.39. The topological polar surface area (TPSA) is 55.4 Å². The van der Waals surface area contributed by atoms with Gasteiger partial charge in [-0.1, -0.05) is 22.9 Å². The van der Waals surface area contributed by atoms with E-state index in [1.54, 1.807) is 13.0 Å². The van der Waals surface area contributed by atoms with Gasteiger partial charge >= 0.3 is 5.97 Å². The van der Waals surface area contributed by atoms with Crippen molar-refractivity contribution in [2.75, 3.05) is 6.73 Å². The zero-order chi connectivity index (χ0) is 12.8. The SMILES string of the molecule is CCC(=O)OCNC(=O)c1ccc(Br)cc1F. The number of carbonyl (C=O) groups excluding carboxylic acids is 2. The molecule has 0 radical (unpaired) electrons. The molecule has 1 N–H and O–H groups in total. The van der Waals surface area contributed by atoms with Crippen LogP contribution in [0, 0.1) is 5.82 Å². The molecule has 17 heavy (non-hydrogen) atoms. The van der Waals surface area contributed by atoms with Gasteiger partial charge in [0.05, 0.1) is 5.56 Å². The average Bonchev–Trinajstić information content (AvgIpc) is 2.28. The van der Waals surface area contributed by atoms with Crippen LogP contribution in [0.3, 0.4) is 0 Å². The number of hydrogen-bond acceptors (Lipinski definition) is 3. The second-order valence-corrected chi connectivity index (χ2v) is 4.06. The van der Waals surface area contributed by atoms with Gasteiger partial charge in [-0.25, -0.2) is 4.39 Å². The average molecular weight is 304 g/mol. The lowest BCUT2D eigenvalue weighted by Crippen LogP contribution is -2.28. The lowest BCUT2D eigenvalue weighted by molar-refractivity contribution is -0.143. The number of hydrogen-bond donors (Lipinski definition) is 1. The summed E-state index contributed by atoms with van der Waals surface area (Å²) in [6.07, 6.45) is 0.225. The molecule has 0 aliphatic carbocycles. The van der Waals surface area contributed by atoms with Crippen LogP contribution in [0.4, 0.5) is 4.39 Å². The first kappa shape index (κ1) is 13.6. The van der Waals surface area contributed by atoms with Crippen LogP contribution in [0.5, 0.6) is 0 Å². The van der Waals surface area contributed by atoms with Crippen molar-refractivity contribution in [3.8, 4) is 0 Å². The Morgan fingerprint density at radius 1 is 1.47 bits per heavy atom. The second kappa shape index (κ2) is 6.34. The first-order valence-electron chi connectivity index (χ1n) is 4.93. The highest BCUT2D eigenvalue weighted by Gasteiger charge is 2.11. The quantitative estimate of drug-likeness (QED) is 0.685. The van der Waals surface area contributed by atoms with Gasteiger partial charge in [0.2, 0.25) is 0 Å². The van der Waals surface area contributed by atoms with Crippen LogP contribution >= 0.6 is 15.9 Å². The summed E-state index contributed by atoms with van der Waals surface area (Å²) in [7, 11) is 0. The van der Waals surface area contributed by atoms with E-state index in [2.05, 4.69) is 26.0 Å². The summed E-state index contributed by atoms with van der Waals surface area (Å²) in [6.45, 7) is 1.37. The van der Waals surface area contributed by atoms with Gasteiger partial charge in [0.1, 0.15) is 5.82 Å². The summed E-state index contributed by atoms with van der Waals surface area (Å²) in [6, 6.07) is 4.08. The Labute approximate surface area is 106 Å². The van der Waals surface area contributed by atoms with Crippen molar-refractivity contribution >= 4 is 27.8 Å². The van der Waals surface area contributed by atoms with E-state index in [1.165, 1.54) is 12.1 Å². The van der Waals surface area contributed by atoms with E-state index in [9.17, 15) is 14.0 Å². The number of esters is 1. The van der Waals surface area contributed by atoms with E-state index in [0.717, 1.165) is 0 Å². The van der Waals surface area contributed by atoms with Gasteiger partial charge in [-0.05, 0) is 18.2 Å². The summed E-state index contributed by atoms with van der Waals surface area (Å²) in [5.74, 6) is -1.70. The lowest BCUT2D eigenvalue weighted by Gasteiger charge is -2.06. The van der Waals surface area contributed by atoms with Gasteiger partial charge in [0, 0.05) is 10.9 Å². The van der Waals surface area contributed by atoms with E-state index in [0.29, 0.717) is 4.47 Å². The minimum Gasteiger partial charge on any atom is -0.444 e. The number of ether oxygens (including phenoxy) is 1. The number of amides is 1. The Bertz CT molecular complexity index is 437. The van der Waals surface area contributed by atoms with Crippen LogP contribution in [0.15, 0.2) is 22.7 Å². The third-order valence-electron chi connectivity index (χ3n) is 1.93. The largest absolute Gasteiger partial charge is 0.444 e. The highest BCUT2D eigenvalue weighted by atomic mass is 79.9. The Balaban J connectivity index is 2.55. The molecule has 0 saturated heterocycles. The molecule has 6 heteroatoms. The van der Waals surface area contributed by atoms with Crippen LogP contribution in [-0.4, -0.2) is 18.6 Å². The number of carbonyl (C=O) groups is 2. The van der Waals surface area contributed by atoms with Gasteiger partial charge in [0.25, 0.3) is 5.91 Å². The summed E-state index contributed by atoms with van der Waals surface area (Å²) >= 11 is 3.09. The molecule has 1 rings (SSSR count). The third-order valence-corrected chi connectivity index (χ3v) is 2.42. The molecule has 0 bridgehead atoms. The third kappa shape index (κ3) is 4.14. The summed E-state index contributed by atoms with van der Waals surface area (Å²) in [5.41, 5.74) is -0.0965. The predicted octanol–water partition coefficient (Wildman–Crippen LogP) is 2.23. The van der Waals surface area contributed by atoms with Crippen molar-refractivity contribution in [1.29, 1.82) is 0 Å². The second-order valence-electron chi connectivity index (χ2n) is 3.14. The van der Waals surface area contributed by atoms with Gasteiger partial charge in [-0.2, -0.15) is 0 Å². The number of nitrogens with one attached hydrogen (secondary N) is 1. The molecule has 1 aromatic carbocycles. The summed E-state index contributed by atoms with van der Waals surface area (Å²) in [4.78, 5) is 22.3. The van der Waals surface area contributed by atoms with Gasteiger partial charge in [-0.15, -0.1) is 0 Å². The van der Waals surface area contributed by atoms with E-state index >= 15 is 0 Å². The molecule has 0 aliphatic rings. The van der Waals surface area contributed by atoms with E-state index < -0.39 is 17.7 Å². The zero-order valence-electron chi connectivity index (χ0n) is 9.13. The fraction of sp³-hybridized carbons (Fsp3) is 0.273. The maximum absolute atomic E-state index is 13.4. The van der Waals surface area contributed by atoms with Crippen LogP contribution in [0.25, 0.3) is 0 Å². The molecular formula is C11H11BrFNO3. The van der Waals surface area contributed by atoms with Crippen molar-refractivity contribution in [3.05, 3.63) is 34.1 Å². The van der Waals surface area contributed by atoms with E-state index in [1.807, 2.05) is 0 Å². The molecule has 0 fully saturated rings. The molecule has 0 spiro atoms. The molecule has 0 heterocycles. The fourth-order valence-electron chi connectivity index (χ4n) is 1.05. The summed E-state index contributed by atoms with van der Waals surface area (Å²) < 4.78 is 18.5. The molecule has 0 aliphatic heterocycles.